The van der Waals surface area contributed by atoms with Gasteiger partial charge in [-0.3, -0.25) is 19.8 Å². The number of carbonyl (C=O) groups is 1. The minimum absolute atomic E-state index is 0.169. The summed E-state index contributed by atoms with van der Waals surface area (Å²) in [5, 5.41) is 4.51. The van der Waals surface area contributed by atoms with Crippen LogP contribution in [0.25, 0.3) is 0 Å². The Morgan fingerprint density at radius 3 is 2.78 bits per heavy atom. The summed E-state index contributed by atoms with van der Waals surface area (Å²) < 4.78 is 39.3. The monoisotopic (exact) mass is 444 g/mol. The van der Waals surface area contributed by atoms with Crippen molar-refractivity contribution in [2.24, 2.45) is 9.98 Å². The fraction of sp³-hybridized carbons (Fsp3) is 0.273. The van der Waals surface area contributed by atoms with Crippen molar-refractivity contribution < 1.29 is 18.0 Å². The van der Waals surface area contributed by atoms with E-state index < -0.39 is 17.6 Å². The van der Waals surface area contributed by atoms with Gasteiger partial charge in [-0.1, -0.05) is 12.1 Å². The number of hydrogen-bond donors (Lipinski definition) is 2. The number of benzene rings is 1. The van der Waals surface area contributed by atoms with Crippen molar-refractivity contribution in [2.45, 2.75) is 26.1 Å². The number of nitrogens with one attached hydrogen (secondary N) is 2. The molecule has 0 radical (unpaired) electrons. The molecule has 10 heteroatoms. The molecule has 2 aromatic rings. The first-order valence-corrected chi connectivity index (χ1v) is 9.81. The molecule has 1 atom stereocenters. The molecular formula is C22H23F3N6O. The average Bonchev–Trinajstić information content (AvgIpc) is 3.15. The number of likely N-dealkylation sites (N-methyl/N-ethyl adjacent to an activating group) is 1. The van der Waals surface area contributed by atoms with Crippen LogP contribution in [-0.4, -0.2) is 41.9 Å². The van der Waals surface area contributed by atoms with Crippen LogP contribution in [0.3, 0.4) is 0 Å². The molecule has 1 aromatic heterocycles. The molecule has 1 amide bonds. The molecular weight excluding hydrogens is 421 g/mol. The van der Waals surface area contributed by atoms with Crippen molar-refractivity contribution in [3.8, 4) is 0 Å². The molecule has 3 rings (SSSR count). The number of amides is 1. The Labute approximate surface area is 183 Å². The molecule has 2 N–H and O–H groups in total. The number of aromatic nitrogens is 1. The van der Waals surface area contributed by atoms with Crippen LogP contribution in [0.1, 0.15) is 40.1 Å². The summed E-state index contributed by atoms with van der Waals surface area (Å²) in [5.74, 6) is -0.674. The van der Waals surface area contributed by atoms with Crippen molar-refractivity contribution in [2.75, 3.05) is 18.9 Å². The zero-order valence-corrected chi connectivity index (χ0v) is 17.8. The minimum atomic E-state index is -4.58. The third-order valence-electron chi connectivity index (χ3n) is 4.75. The Balaban J connectivity index is 1.66. The number of nitrogens with zero attached hydrogens (tertiary/aromatic N) is 4. The minimum Gasteiger partial charge on any atom is -0.324 e. The van der Waals surface area contributed by atoms with Crippen molar-refractivity contribution in [3.05, 3.63) is 70.8 Å². The molecule has 0 bridgehead atoms. The van der Waals surface area contributed by atoms with Crippen LogP contribution in [0, 0.1) is 6.92 Å². The van der Waals surface area contributed by atoms with Gasteiger partial charge in [0.05, 0.1) is 29.4 Å². The van der Waals surface area contributed by atoms with Crippen LogP contribution in [0.4, 0.5) is 18.9 Å². The molecule has 1 aliphatic heterocycles. The van der Waals surface area contributed by atoms with Gasteiger partial charge in [0.1, 0.15) is 0 Å². The lowest BCUT2D eigenvalue weighted by atomic mass is 10.1. The van der Waals surface area contributed by atoms with Crippen LogP contribution < -0.4 is 10.7 Å². The van der Waals surface area contributed by atoms with E-state index in [1.807, 2.05) is 25.0 Å². The number of hydrazine groups is 1. The van der Waals surface area contributed by atoms with Gasteiger partial charge < -0.3 is 10.7 Å². The maximum Gasteiger partial charge on any atom is 0.418 e. The zero-order valence-electron chi connectivity index (χ0n) is 17.8. The highest BCUT2D eigenvalue weighted by Crippen LogP contribution is 2.31. The predicted molar refractivity (Wildman–Crippen MR) is 118 cm³/mol. The summed E-state index contributed by atoms with van der Waals surface area (Å²) in [6, 6.07) is 7.56. The third kappa shape index (κ3) is 6.01. The molecule has 32 heavy (non-hydrogen) atoms. The highest BCUT2D eigenvalue weighted by molar-refractivity contribution is 6.16. The van der Waals surface area contributed by atoms with E-state index in [1.165, 1.54) is 6.92 Å². The lowest BCUT2D eigenvalue weighted by molar-refractivity contribution is -0.138. The fourth-order valence-electron chi connectivity index (χ4n) is 3.00. The first kappa shape index (κ1) is 23.1. The van der Waals surface area contributed by atoms with E-state index in [9.17, 15) is 18.0 Å². The van der Waals surface area contributed by atoms with E-state index >= 15 is 0 Å². The highest BCUT2D eigenvalue weighted by atomic mass is 19.4. The number of hydrogen-bond acceptors (Lipinski definition) is 6. The highest BCUT2D eigenvalue weighted by Gasteiger charge is 2.33. The maximum atomic E-state index is 13.1. The molecule has 168 valence electrons. The van der Waals surface area contributed by atoms with E-state index in [2.05, 4.69) is 25.7 Å². The molecule has 0 fully saturated rings. The maximum absolute atomic E-state index is 13.1. The molecule has 1 unspecified atom stereocenters. The molecule has 0 saturated carbocycles. The van der Waals surface area contributed by atoms with Gasteiger partial charge >= 0.3 is 6.18 Å². The van der Waals surface area contributed by atoms with Crippen LogP contribution in [-0.2, 0) is 6.18 Å². The third-order valence-corrected chi connectivity index (χ3v) is 4.75. The van der Waals surface area contributed by atoms with Crippen molar-refractivity contribution in [1.82, 2.24) is 15.4 Å². The SMILES string of the molecule is Cc1ncc(C(=O)Nc2cccc(C(C)N=CC=NC3=CNN(C)C3)c2)cc1C(F)(F)F. The normalized spacial score (nSPS) is 15.8. The molecule has 0 saturated heterocycles. The second-order valence-corrected chi connectivity index (χ2v) is 7.31. The Hall–Kier alpha value is -3.53. The summed E-state index contributed by atoms with van der Waals surface area (Å²) in [4.78, 5) is 24.9. The standard InChI is InChI=1S/C22H23F3N6O/c1-14(26-7-8-27-19-12-29-31(3)13-19)16-5-4-6-18(9-16)30-21(32)17-10-20(22(23,24)25)15(2)28-11-17/h4-12,14,29H,13H2,1-3H3,(H,30,32). The van der Waals surface area contributed by atoms with Crippen LogP contribution in [0.5, 0.6) is 0 Å². The number of pyridine rings is 1. The van der Waals surface area contributed by atoms with Gasteiger partial charge in [0.25, 0.3) is 5.91 Å². The number of halogens is 3. The summed E-state index contributed by atoms with van der Waals surface area (Å²) in [5.41, 5.74) is 3.89. The quantitative estimate of drug-likeness (QED) is 0.656. The van der Waals surface area contributed by atoms with E-state index in [0.29, 0.717) is 12.2 Å². The largest absolute Gasteiger partial charge is 0.418 e. The predicted octanol–water partition coefficient (Wildman–Crippen LogP) is 4.16. The Bertz CT molecular complexity index is 1080. The number of carbonyl (C=O) groups excluding carboxylic acids is 1. The van der Waals surface area contributed by atoms with Gasteiger partial charge in [-0.25, -0.2) is 5.01 Å². The summed E-state index contributed by atoms with van der Waals surface area (Å²) >= 11 is 0. The first-order valence-electron chi connectivity index (χ1n) is 9.81. The average molecular weight is 444 g/mol. The van der Waals surface area contributed by atoms with Gasteiger partial charge in [0.15, 0.2) is 0 Å². The molecule has 1 aliphatic rings. The van der Waals surface area contributed by atoms with Gasteiger partial charge in [0.2, 0.25) is 0 Å². The molecule has 1 aromatic carbocycles. The molecule has 0 spiro atoms. The van der Waals surface area contributed by atoms with Gasteiger partial charge in [-0.2, -0.15) is 13.2 Å². The number of rotatable bonds is 6. The topological polar surface area (TPSA) is 82.0 Å². The van der Waals surface area contributed by atoms with Gasteiger partial charge in [-0.05, 0) is 37.6 Å². The number of aryl methyl sites for hydroxylation is 1. The fourth-order valence-corrected chi connectivity index (χ4v) is 3.00. The second kappa shape index (κ2) is 9.73. The van der Waals surface area contributed by atoms with Crippen LogP contribution >= 0.6 is 0 Å². The van der Waals surface area contributed by atoms with Gasteiger partial charge in [0, 0.05) is 43.3 Å². The number of anilines is 1. The van der Waals surface area contributed by atoms with E-state index in [0.717, 1.165) is 23.5 Å². The van der Waals surface area contributed by atoms with E-state index in [-0.39, 0.29) is 17.3 Å². The molecule has 0 aliphatic carbocycles. The lowest BCUT2D eigenvalue weighted by Crippen LogP contribution is -2.24. The lowest BCUT2D eigenvalue weighted by Gasteiger charge is -2.12. The Morgan fingerprint density at radius 2 is 2.09 bits per heavy atom. The zero-order chi connectivity index (χ0) is 23.3. The van der Waals surface area contributed by atoms with E-state index in [4.69, 9.17) is 0 Å². The molecule has 7 nitrogen and oxygen atoms in total. The van der Waals surface area contributed by atoms with Crippen molar-refractivity contribution in [3.63, 3.8) is 0 Å². The summed E-state index contributed by atoms with van der Waals surface area (Å²) in [6.07, 6.45) is 1.57. The van der Waals surface area contributed by atoms with Crippen molar-refractivity contribution in [1.29, 1.82) is 0 Å². The van der Waals surface area contributed by atoms with Gasteiger partial charge in [-0.15, -0.1) is 0 Å². The summed E-state index contributed by atoms with van der Waals surface area (Å²) in [6.45, 7) is 3.83. The smallest absolute Gasteiger partial charge is 0.324 e. The van der Waals surface area contributed by atoms with Crippen LogP contribution in [0.15, 0.2) is 58.4 Å². The Kier molecular flexibility index (Phi) is 7.04. The number of aliphatic imine (C=N–C) groups is 2. The van der Waals surface area contributed by atoms with Crippen LogP contribution in [0.2, 0.25) is 0 Å². The molecule has 2 heterocycles. The first-order chi connectivity index (χ1) is 15.1. The summed E-state index contributed by atoms with van der Waals surface area (Å²) in [7, 11) is 1.91. The number of alkyl halides is 3. The van der Waals surface area contributed by atoms with E-state index in [1.54, 1.807) is 36.8 Å². The second-order valence-electron chi connectivity index (χ2n) is 7.31. The Morgan fingerprint density at radius 1 is 1.31 bits per heavy atom. The van der Waals surface area contributed by atoms with Crippen molar-refractivity contribution >= 4 is 24.0 Å².